The molecule has 2 aliphatic heterocycles. The van der Waals surface area contributed by atoms with E-state index in [9.17, 15) is 13.7 Å². The van der Waals surface area contributed by atoms with Gasteiger partial charge in [0.1, 0.15) is 12.2 Å². The lowest BCUT2D eigenvalue weighted by molar-refractivity contribution is -0.219. The number of benzene rings is 3. The van der Waals surface area contributed by atoms with Gasteiger partial charge in [-0.15, -0.1) is 0 Å². The van der Waals surface area contributed by atoms with Gasteiger partial charge in [-0.25, -0.2) is 8.42 Å². The second kappa shape index (κ2) is 11.2. The Bertz CT molecular complexity index is 1400. The van der Waals surface area contributed by atoms with Gasteiger partial charge >= 0.3 is 0 Å². The molecule has 0 N–H and O–H groups in total. The molecule has 0 bridgehead atoms. The third-order valence-electron chi connectivity index (χ3n) is 6.95. The van der Waals surface area contributed by atoms with Crippen LogP contribution in [0.2, 0.25) is 0 Å². The van der Waals surface area contributed by atoms with Crippen LogP contribution in [0.5, 0.6) is 0 Å². The van der Waals surface area contributed by atoms with Crippen LogP contribution in [-0.4, -0.2) is 49.2 Å². The van der Waals surface area contributed by atoms with Crippen LogP contribution in [0, 0.1) is 11.3 Å². The molecule has 2 fully saturated rings. The average Bonchev–Trinajstić information content (AvgIpc) is 3.38. The summed E-state index contributed by atoms with van der Waals surface area (Å²) in [5.41, 5.74) is 0.539. The maximum atomic E-state index is 14.2. The van der Waals surface area contributed by atoms with E-state index >= 15 is 0 Å². The molecule has 4 atom stereocenters. The number of nitrogens with zero attached hydrogens (tertiary/aromatic N) is 2. The van der Waals surface area contributed by atoms with Gasteiger partial charge in [0.15, 0.2) is 17.6 Å². The molecule has 204 valence electrons. The minimum absolute atomic E-state index is 0.0330. The third kappa shape index (κ3) is 5.77. The molecule has 2 saturated heterocycles. The number of hydrogen-bond donors (Lipinski definition) is 0. The summed E-state index contributed by atoms with van der Waals surface area (Å²) in [6.07, 6.45) is -2.89. The molecule has 0 aromatic heterocycles. The molecule has 0 aliphatic carbocycles. The maximum Gasteiger partial charge on any atom is 0.220 e. The molecule has 0 amide bonds. The summed E-state index contributed by atoms with van der Waals surface area (Å²) in [4.78, 5) is 0. The van der Waals surface area contributed by atoms with Gasteiger partial charge in [0.25, 0.3) is 0 Å². The van der Waals surface area contributed by atoms with Crippen molar-refractivity contribution in [3.8, 4) is 6.07 Å². The summed E-state index contributed by atoms with van der Waals surface area (Å²) in [7, 11) is -4.07. The molecule has 3 aromatic carbocycles. The van der Waals surface area contributed by atoms with E-state index in [1.165, 1.54) is 4.31 Å². The Morgan fingerprint density at radius 3 is 2.03 bits per heavy atom. The molecule has 9 heteroatoms. The highest BCUT2D eigenvalue weighted by molar-refractivity contribution is 7.88. The number of fused-ring (bicyclic) bond motifs is 1. The SMILES string of the molecule is CC1(C)O[C@H]2O[C@H](COCc3ccccc3)[C@@](C#N)(N(Cc3ccccc3)S(=O)(=O)Cc3ccccc3)[C@H]2O1. The minimum atomic E-state index is -4.07. The summed E-state index contributed by atoms with van der Waals surface area (Å²) >= 11 is 0. The molecule has 39 heavy (non-hydrogen) atoms. The molecule has 0 saturated carbocycles. The van der Waals surface area contributed by atoms with Gasteiger partial charge < -0.3 is 18.9 Å². The van der Waals surface area contributed by atoms with Gasteiger partial charge in [-0.2, -0.15) is 9.57 Å². The van der Waals surface area contributed by atoms with Crippen LogP contribution < -0.4 is 0 Å². The standard InChI is InChI=1S/C30H32N2O6S/c1-29(2)37-27-28(38-29)36-26(20-35-19-24-14-8-4-9-15-24)30(27,22-31)32(18-23-12-6-3-7-13-23)39(33,34)21-25-16-10-5-11-17-25/h3-17,26-28H,18-21H2,1-2H3/t26-,27+,28-,30-/m1/s1. The van der Waals surface area contributed by atoms with Crippen LogP contribution in [-0.2, 0) is 47.9 Å². The summed E-state index contributed by atoms with van der Waals surface area (Å²) < 4.78 is 54.1. The summed E-state index contributed by atoms with van der Waals surface area (Å²) in [5.74, 6) is -1.35. The normalized spacial score (nSPS) is 25.8. The quantitative estimate of drug-likeness (QED) is 0.371. The Labute approximate surface area is 229 Å². The third-order valence-corrected chi connectivity index (χ3v) is 8.75. The molecule has 8 nitrogen and oxygen atoms in total. The van der Waals surface area contributed by atoms with Crippen LogP contribution in [0.3, 0.4) is 0 Å². The van der Waals surface area contributed by atoms with Crippen LogP contribution in [0.4, 0.5) is 0 Å². The van der Waals surface area contributed by atoms with Gasteiger partial charge in [0.05, 0.1) is 25.0 Å². The molecule has 0 unspecified atom stereocenters. The number of sulfonamides is 1. The fourth-order valence-electron chi connectivity index (χ4n) is 5.17. The first-order chi connectivity index (χ1) is 18.7. The predicted octanol–water partition coefficient (Wildman–Crippen LogP) is 4.37. The zero-order valence-corrected chi connectivity index (χ0v) is 22.8. The number of nitriles is 1. The lowest BCUT2D eigenvalue weighted by atomic mass is 9.89. The molecular weight excluding hydrogens is 516 g/mol. The fourth-order valence-corrected chi connectivity index (χ4v) is 7.00. The van der Waals surface area contributed by atoms with Gasteiger partial charge in [-0.3, -0.25) is 0 Å². The van der Waals surface area contributed by atoms with E-state index < -0.39 is 39.8 Å². The van der Waals surface area contributed by atoms with Crippen LogP contribution in [0.25, 0.3) is 0 Å². The van der Waals surface area contributed by atoms with Crippen molar-refractivity contribution < 1.29 is 27.4 Å². The summed E-state index contributed by atoms with van der Waals surface area (Å²) in [5, 5.41) is 10.9. The van der Waals surface area contributed by atoms with E-state index in [0.29, 0.717) is 5.56 Å². The van der Waals surface area contributed by atoms with Crippen LogP contribution >= 0.6 is 0 Å². The average molecular weight is 549 g/mol. The Balaban J connectivity index is 1.54. The molecule has 3 aromatic rings. The maximum absolute atomic E-state index is 14.2. The first kappa shape index (κ1) is 27.5. The zero-order valence-electron chi connectivity index (χ0n) is 22.0. The summed E-state index contributed by atoms with van der Waals surface area (Å²) in [6, 6.07) is 30.1. The second-order valence-electron chi connectivity index (χ2n) is 10.2. The molecule has 2 heterocycles. The largest absolute Gasteiger partial charge is 0.374 e. The van der Waals surface area contributed by atoms with E-state index in [1.807, 2.05) is 66.7 Å². The van der Waals surface area contributed by atoms with Gasteiger partial charge in [-0.1, -0.05) is 91.0 Å². The van der Waals surface area contributed by atoms with Gasteiger partial charge in [0, 0.05) is 6.54 Å². The lowest BCUT2D eigenvalue weighted by Crippen LogP contribution is -2.63. The number of ether oxygens (including phenoxy) is 4. The lowest BCUT2D eigenvalue weighted by Gasteiger charge is -2.40. The Kier molecular flexibility index (Phi) is 7.87. The van der Waals surface area contributed by atoms with Crippen molar-refractivity contribution in [2.75, 3.05) is 6.61 Å². The van der Waals surface area contributed by atoms with Crippen LogP contribution in [0.1, 0.15) is 30.5 Å². The van der Waals surface area contributed by atoms with Crippen molar-refractivity contribution >= 4 is 10.0 Å². The van der Waals surface area contributed by atoms with Crippen molar-refractivity contribution in [1.29, 1.82) is 5.26 Å². The molecule has 0 radical (unpaired) electrons. The number of hydrogen-bond acceptors (Lipinski definition) is 7. The second-order valence-corrected chi connectivity index (χ2v) is 12.1. The van der Waals surface area contributed by atoms with Crippen molar-refractivity contribution in [2.45, 2.75) is 62.6 Å². The topological polar surface area (TPSA) is 98.1 Å². The highest BCUT2D eigenvalue weighted by Crippen LogP contribution is 2.47. The summed E-state index contributed by atoms with van der Waals surface area (Å²) in [6.45, 7) is 3.64. The first-order valence-electron chi connectivity index (χ1n) is 12.9. The molecule has 0 spiro atoms. The van der Waals surface area contributed by atoms with E-state index in [1.54, 1.807) is 38.1 Å². The van der Waals surface area contributed by atoms with E-state index in [4.69, 9.17) is 18.9 Å². The molecular formula is C30H32N2O6S. The first-order valence-corrected chi connectivity index (χ1v) is 14.5. The molecule has 5 rings (SSSR count). The monoisotopic (exact) mass is 548 g/mol. The van der Waals surface area contributed by atoms with Crippen molar-refractivity contribution in [2.24, 2.45) is 0 Å². The van der Waals surface area contributed by atoms with Gasteiger partial charge in [0.2, 0.25) is 10.0 Å². The Hall–Kier alpha value is -3.10. The fraction of sp³-hybridized carbons (Fsp3) is 0.367. The molecule has 2 aliphatic rings. The van der Waals surface area contributed by atoms with Crippen molar-refractivity contribution in [3.05, 3.63) is 108 Å². The van der Waals surface area contributed by atoms with Crippen molar-refractivity contribution in [3.63, 3.8) is 0 Å². The van der Waals surface area contributed by atoms with E-state index in [0.717, 1.165) is 11.1 Å². The Morgan fingerprint density at radius 2 is 1.44 bits per heavy atom. The minimum Gasteiger partial charge on any atom is -0.374 e. The highest BCUT2D eigenvalue weighted by Gasteiger charge is 2.68. The predicted molar refractivity (Wildman–Crippen MR) is 144 cm³/mol. The van der Waals surface area contributed by atoms with E-state index in [-0.39, 0.29) is 25.5 Å². The van der Waals surface area contributed by atoms with Crippen LogP contribution in [0.15, 0.2) is 91.0 Å². The smallest absolute Gasteiger partial charge is 0.220 e. The van der Waals surface area contributed by atoms with Crippen molar-refractivity contribution in [1.82, 2.24) is 4.31 Å². The Morgan fingerprint density at radius 1 is 0.872 bits per heavy atom. The van der Waals surface area contributed by atoms with Gasteiger partial charge in [-0.05, 0) is 30.5 Å². The number of rotatable bonds is 10. The highest BCUT2D eigenvalue weighted by atomic mass is 32.2. The zero-order chi connectivity index (χ0) is 27.5. The van der Waals surface area contributed by atoms with E-state index in [2.05, 4.69) is 6.07 Å².